The van der Waals surface area contributed by atoms with E-state index in [1.807, 2.05) is 11.6 Å². The molecule has 0 spiro atoms. The Morgan fingerprint density at radius 3 is 2.80 bits per heavy atom. The van der Waals surface area contributed by atoms with Crippen molar-refractivity contribution in [2.75, 3.05) is 12.3 Å². The maximum absolute atomic E-state index is 11.8. The molecule has 0 atom stereocenters. The van der Waals surface area contributed by atoms with Gasteiger partial charge in [0.25, 0.3) is 5.91 Å². The number of hydrogen-bond acceptors (Lipinski definition) is 5. The molecule has 2 aromatic heterocycles. The Balaban J connectivity index is 0.00000180. The Bertz CT molecular complexity index is 559. The molecule has 1 amide bonds. The highest BCUT2D eigenvalue weighted by Crippen LogP contribution is 2.07. The first-order valence-electron chi connectivity index (χ1n) is 5.49. The number of nitrogens with one attached hydrogen (secondary N) is 1. The molecule has 0 aromatic carbocycles. The van der Waals surface area contributed by atoms with E-state index in [0.717, 1.165) is 5.82 Å². The third-order valence-corrected chi connectivity index (χ3v) is 2.54. The van der Waals surface area contributed by atoms with E-state index in [1.165, 1.54) is 6.20 Å². The lowest BCUT2D eigenvalue weighted by Crippen LogP contribution is -2.27. The summed E-state index contributed by atoms with van der Waals surface area (Å²) in [5.41, 5.74) is 6.49. The van der Waals surface area contributed by atoms with Gasteiger partial charge in [-0.05, 0) is 6.07 Å². The van der Waals surface area contributed by atoms with Gasteiger partial charge in [-0.3, -0.25) is 9.78 Å². The minimum absolute atomic E-state index is 0. The first-order chi connectivity index (χ1) is 8.68. The first-order valence-corrected chi connectivity index (χ1v) is 5.49. The van der Waals surface area contributed by atoms with Gasteiger partial charge in [0.1, 0.15) is 12.2 Å². The van der Waals surface area contributed by atoms with Crippen LogP contribution in [-0.2, 0) is 13.5 Å². The summed E-state index contributed by atoms with van der Waals surface area (Å²) in [5, 5.41) is 10.5. The summed E-state index contributed by atoms with van der Waals surface area (Å²) < 4.78 is 1.81. The summed E-state index contributed by atoms with van der Waals surface area (Å²) >= 11 is 0. The zero-order chi connectivity index (χ0) is 13.0. The zero-order valence-corrected chi connectivity index (χ0v) is 12.4. The normalized spacial score (nSPS) is 9.25. The van der Waals surface area contributed by atoms with Gasteiger partial charge in [-0.15, -0.1) is 35.0 Å². The second-order valence-electron chi connectivity index (χ2n) is 3.83. The predicted octanol–water partition coefficient (Wildman–Crippen LogP) is 0.608. The van der Waals surface area contributed by atoms with E-state index in [0.29, 0.717) is 24.2 Å². The molecular weight excluding hydrogens is 303 g/mol. The zero-order valence-electron chi connectivity index (χ0n) is 10.8. The third kappa shape index (κ3) is 4.36. The van der Waals surface area contributed by atoms with Crippen LogP contribution in [0.3, 0.4) is 0 Å². The topological polar surface area (TPSA) is 98.7 Å². The maximum atomic E-state index is 11.8. The fraction of sp³-hybridized carbons (Fsp3) is 0.273. The Kier molecular flexibility index (Phi) is 7.56. The number of carbonyl (C=O) groups excluding carboxylic acids is 1. The Hall–Kier alpha value is -1.86. The van der Waals surface area contributed by atoms with Gasteiger partial charge in [0.2, 0.25) is 0 Å². The number of anilines is 1. The smallest absolute Gasteiger partial charge is 0.254 e. The van der Waals surface area contributed by atoms with E-state index in [2.05, 4.69) is 20.5 Å². The molecule has 110 valence electrons. The number of pyridine rings is 1. The number of nitrogen functional groups attached to an aromatic ring is 1. The monoisotopic (exact) mass is 318 g/mol. The minimum atomic E-state index is -0.234. The minimum Gasteiger partial charge on any atom is -0.398 e. The highest BCUT2D eigenvalue weighted by molar-refractivity contribution is 5.98. The van der Waals surface area contributed by atoms with Crippen LogP contribution < -0.4 is 11.1 Å². The number of amides is 1. The molecule has 7 nitrogen and oxygen atoms in total. The highest BCUT2D eigenvalue weighted by atomic mass is 35.5. The number of hydrogen-bond donors (Lipinski definition) is 2. The fourth-order valence-electron chi connectivity index (χ4n) is 1.51. The molecule has 0 fully saturated rings. The number of rotatable bonds is 4. The molecule has 0 bridgehead atoms. The first kappa shape index (κ1) is 18.1. The maximum Gasteiger partial charge on any atom is 0.254 e. The van der Waals surface area contributed by atoms with Crippen molar-refractivity contribution in [3.05, 3.63) is 36.2 Å². The lowest BCUT2D eigenvalue weighted by atomic mass is 10.2. The van der Waals surface area contributed by atoms with Gasteiger partial charge < -0.3 is 15.6 Å². The largest absolute Gasteiger partial charge is 0.398 e. The lowest BCUT2D eigenvalue weighted by Gasteiger charge is -2.06. The molecule has 20 heavy (non-hydrogen) atoms. The van der Waals surface area contributed by atoms with Gasteiger partial charge >= 0.3 is 0 Å². The van der Waals surface area contributed by atoms with Crippen molar-refractivity contribution < 1.29 is 4.79 Å². The van der Waals surface area contributed by atoms with Crippen molar-refractivity contribution in [1.29, 1.82) is 0 Å². The van der Waals surface area contributed by atoms with E-state index in [-0.39, 0.29) is 30.7 Å². The van der Waals surface area contributed by atoms with Crippen molar-refractivity contribution in [1.82, 2.24) is 25.1 Å². The van der Waals surface area contributed by atoms with Crippen molar-refractivity contribution >= 4 is 36.4 Å². The number of halogens is 2. The molecule has 0 radical (unpaired) electrons. The number of nitrogens with two attached hydrogens (primary N) is 1. The van der Waals surface area contributed by atoms with E-state index in [9.17, 15) is 4.79 Å². The van der Waals surface area contributed by atoms with Crippen molar-refractivity contribution in [2.45, 2.75) is 6.42 Å². The van der Waals surface area contributed by atoms with Gasteiger partial charge in [-0.1, -0.05) is 0 Å². The van der Waals surface area contributed by atoms with Gasteiger partial charge in [-0.2, -0.15) is 0 Å². The highest BCUT2D eigenvalue weighted by Gasteiger charge is 2.09. The van der Waals surface area contributed by atoms with E-state index < -0.39 is 0 Å². The van der Waals surface area contributed by atoms with Crippen molar-refractivity contribution in [2.24, 2.45) is 7.05 Å². The molecule has 2 rings (SSSR count). The number of nitrogens with zero attached hydrogens (tertiary/aromatic N) is 4. The summed E-state index contributed by atoms with van der Waals surface area (Å²) in [7, 11) is 1.86. The molecule has 0 aliphatic heterocycles. The van der Waals surface area contributed by atoms with Crippen LogP contribution in [0.1, 0.15) is 16.2 Å². The van der Waals surface area contributed by atoms with E-state index in [1.54, 1.807) is 18.6 Å². The molecule has 0 aliphatic rings. The standard InChI is InChI=1S/C11H14N6O.2ClH/c1-17-7-15-16-10(17)3-5-14-11(18)8-6-13-4-2-9(8)12;;/h2,4,6-7H,3,5H2,1H3,(H2,12,13)(H,14,18);2*1H. The number of aryl methyl sites for hydroxylation is 1. The van der Waals surface area contributed by atoms with Crippen molar-refractivity contribution in [3.63, 3.8) is 0 Å². The van der Waals surface area contributed by atoms with E-state index in [4.69, 9.17) is 5.73 Å². The van der Waals surface area contributed by atoms with Gasteiger partial charge in [-0.25, -0.2) is 0 Å². The van der Waals surface area contributed by atoms with Crippen LogP contribution in [0.2, 0.25) is 0 Å². The average molecular weight is 319 g/mol. The Morgan fingerprint density at radius 2 is 2.20 bits per heavy atom. The SMILES string of the molecule is Cl.Cl.Cn1cnnc1CCNC(=O)c1cnccc1N. The summed E-state index contributed by atoms with van der Waals surface area (Å²) in [5.74, 6) is 0.581. The summed E-state index contributed by atoms with van der Waals surface area (Å²) in [6.07, 6.45) is 5.23. The van der Waals surface area contributed by atoms with Crippen LogP contribution in [0, 0.1) is 0 Å². The van der Waals surface area contributed by atoms with Crippen LogP contribution in [0.5, 0.6) is 0 Å². The van der Waals surface area contributed by atoms with Crippen molar-refractivity contribution in [3.8, 4) is 0 Å². The lowest BCUT2D eigenvalue weighted by molar-refractivity contribution is 0.0954. The second kappa shape index (κ2) is 8.34. The Labute approximate surface area is 128 Å². The van der Waals surface area contributed by atoms with Crippen LogP contribution >= 0.6 is 24.8 Å². The molecule has 2 aromatic rings. The molecule has 2 heterocycles. The average Bonchev–Trinajstić information content (AvgIpc) is 2.75. The molecular formula is C11H16Cl2N6O. The summed E-state index contributed by atoms with van der Waals surface area (Å²) in [6, 6.07) is 1.59. The predicted molar refractivity (Wildman–Crippen MR) is 80.2 cm³/mol. The molecule has 3 N–H and O–H groups in total. The van der Waals surface area contributed by atoms with Gasteiger partial charge in [0.15, 0.2) is 0 Å². The third-order valence-electron chi connectivity index (χ3n) is 2.54. The van der Waals surface area contributed by atoms with Gasteiger partial charge in [0.05, 0.1) is 5.56 Å². The summed E-state index contributed by atoms with van der Waals surface area (Å²) in [4.78, 5) is 15.7. The Morgan fingerprint density at radius 1 is 1.45 bits per heavy atom. The van der Waals surface area contributed by atoms with Crippen LogP contribution in [-0.4, -0.2) is 32.2 Å². The molecule has 0 saturated heterocycles. The number of aromatic nitrogens is 4. The fourth-order valence-corrected chi connectivity index (χ4v) is 1.51. The number of carbonyl (C=O) groups is 1. The molecule has 0 saturated carbocycles. The molecule has 0 unspecified atom stereocenters. The molecule has 9 heteroatoms. The second-order valence-corrected chi connectivity index (χ2v) is 3.83. The van der Waals surface area contributed by atoms with E-state index >= 15 is 0 Å². The van der Waals surface area contributed by atoms with Crippen LogP contribution in [0.25, 0.3) is 0 Å². The molecule has 0 aliphatic carbocycles. The quantitative estimate of drug-likeness (QED) is 0.860. The van der Waals surface area contributed by atoms with Crippen LogP contribution in [0.15, 0.2) is 24.8 Å². The van der Waals surface area contributed by atoms with Crippen LogP contribution in [0.4, 0.5) is 5.69 Å². The summed E-state index contributed by atoms with van der Waals surface area (Å²) in [6.45, 7) is 0.472. The van der Waals surface area contributed by atoms with Gasteiger partial charge in [0, 0.05) is 38.1 Å².